The summed E-state index contributed by atoms with van der Waals surface area (Å²) >= 11 is 0. The van der Waals surface area contributed by atoms with Crippen molar-refractivity contribution in [2.45, 2.75) is 37.1 Å². The predicted octanol–water partition coefficient (Wildman–Crippen LogP) is 3.09. The van der Waals surface area contributed by atoms with E-state index in [1.807, 2.05) is 18.2 Å². The molecule has 1 N–H and O–H groups in total. The summed E-state index contributed by atoms with van der Waals surface area (Å²) in [6.45, 7) is 2.05. The smallest absolute Gasteiger partial charge is 0.165 e. The van der Waals surface area contributed by atoms with Gasteiger partial charge in [-0.2, -0.15) is 0 Å². The molecule has 4 rings (SSSR count). The third kappa shape index (κ3) is 3.22. The number of methoxy groups -OCH3 is 1. The van der Waals surface area contributed by atoms with Gasteiger partial charge in [0, 0.05) is 18.6 Å². The quantitative estimate of drug-likeness (QED) is 0.913. The topological polar surface area (TPSA) is 41.9 Å². The molecule has 138 valence electrons. The highest BCUT2D eigenvalue weighted by atomic mass is 19.1. The molecule has 26 heavy (non-hydrogen) atoms. The highest BCUT2D eigenvalue weighted by Gasteiger charge is 2.47. The molecule has 2 aromatic rings. The highest BCUT2D eigenvalue weighted by molar-refractivity contribution is 5.35. The van der Waals surface area contributed by atoms with Gasteiger partial charge in [-0.3, -0.25) is 4.90 Å². The van der Waals surface area contributed by atoms with E-state index in [0.29, 0.717) is 31.6 Å². The van der Waals surface area contributed by atoms with E-state index in [2.05, 4.69) is 17.0 Å². The minimum absolute atomic E-state index is 0.128. The molecule has 5 heteroatoms. The minimum Gasteiger partial charge on any atom is -0.494 e. The van der Waals surface area contributed by atoms with Gasteiger partial charge >= 0.3 is 0 Å². The fourth-order valence-electron chi connectivity index (χ4n) is 4.28. The summed E-state index contributed by atoms with van der Waals surface area (Å²) in [5.41, 5.74) is 0.984. The molecule has 2 aliphatic heterocycles. The van der Waals surface area contributed by atoms with Gasteiger partial charge in [0.2, 0.25) is 0 Å². The van der Waals surface area contributed by atoms with E-state index in [1.165, 1.54) is 18.7 Å². The first-order valence-electron chi connectivity index (χ1n) is 9.03. The number of halogens is 1. The average Bonchev–Trinajstić information content (AvgIpc) is 2.64. The molecule has 2 aliphatic rings. The third-order valence-corrected chi connectivity index (χ3v) is 5.60. The second kappa shape index (κ2) is 6.99. The van der Waals surface area contributed by atoms with E-state index >= 15 is 0 Å². The molecule has 0 aromatic heterocycles. The van der Waals surface area contributed by atoms with Crippen LogP contribution in [0.5, 0.6) is 5.75 Å². The fraction of sp³-hybridized carbons (Fsp3) is 0.429. The van der Waals surface area contributed by atoms with Crippen LogP contribution in [0.3, 0.4) is 0 Å². The number of aliphatic hydroxyl groups is 1. The van der Waals surface area contributed by atoms with Crippen LogP contribution < -0.4 is 4.74 Å². The number of rotatable bonds is 4. The Kier molecular flexibility index (Phi) is 4.69. The highest BCUT2D eigenvalue weighted by Crippen LogP contribution is 2.42. The normalized spacial score (nSPS) is 28.7. The Bertz CT molecular complexity index is 753. The molecule has 4 nitrogen and oxygen atoms in total. The summed E-state index contributed by atoms with van der Waals surface area (Å²) in [4.78, 5) is 2.44. The van der Waals surface area contributed by atoms with Crippen molar-refractivity contribution >= 4 is 0 Å². The second-order valence-electron chi connectivity index (χ2n) is 7.29. The fourth-order valence-corrected chi connectivity index (χ4v) is 4.28. The van der Waals surface area contributed by atoms with Crippen LogP contribution in [0.1, 0.15) is 24.0 Å². The molecule has 0 amide bonds. The van der Waals surface area contributed by atoms with Crippen LogP contribution in [0.15, 0.2) is 48.5 Å². The Morgan fingerprint density at radius 1 is 1.15 bits per heavy atom. The van der Waals surface area contributed by atoms with E-state index < -0.39 is 11.4 Å². The van der Waals surface area contributed by atoms with Crippen LogP contribution in [-0.2, 0) is 16.9 Å². The maximum atomic E-state index is 13.8. The molecule has 2 fully saturated rings. The van der Waals surface area contributed by atoms with Gasteiger partial charge < -0.3 is 14.6 Å². The molecule has 2 unspecified atom stereocenters. The first-order chi connectivity index (χ1) is 12.6. The van der Waals surface area contributed by atoms with E-state index in [-0.39, 0.29) is 17.8 Å². The molecule has 0 spiro atoms. The lowest BCUT2D eigenvalue weighted by atomic mass is 9.76. The zero-order chi connectivity index (χ0) is 18.1. The van der Waals surface area contributed by atoms with Gasteiger partial charge in [0.15, 0.2) is 11.6 Å². The van der Waals surface area contributed by atoms with Gasteiger partial charge in [0.05, 0.1) is 25.9 Å². The molecule has 2 saturated heterocycles. The van der Waals surface area contributed by atoms with Crippen molar-refractivity contribution < 1.29 is 19.0 Å². The van der Waals surface area contributed by atoms with Crippen molar-refractivity contribution in [2.75, 3.05) is 20.3 Å². The second-order valence-corrected chi connectivity index (χ2v) is 7.29. The Morgan fingerprint density at radius 2 is 1.85 bits per heavy atom. The standard InChI is InChI=1S/C21H24FNO3/c1-25-20-9-16(7-8-19(20)22)21(24)10-17-13-26-14-18(11-21)23(17)12-15-5-3-2-4-6-15/h2-9,17-18,24H,10-14H2,1H3. The lowest BCUT2D eigenvalue weighted by Crippen LogP contribution is -2.60. The van der Waals surface area contributed by atoms with Crippen molar-refractivity contribution in [2.24, 2.45) is 0 Å². The van der Waals surface area contributed by atoms with Crippen LogP contribution in [-0.4, -0.2) is 42.4 Å². The SMILES string of the molecule is COc1cc(C2(O)CC3COCC(C2)N3Cc2ccccc2)ccc1F. The number of fused-ring (bicyclic) bond motifs is 2. The predicted molar refractivity (Wildman–Crippen MR) is 96.5 cm³/mol. The molecular formula is C21H24FNO3. The van der Waals surface area contributed by atoms with Gasteiger partial charge in [0.25, 0.3) is 0 Å². The van der Waals surface area contributed by atoms with Gasteiger partial charge in [0.1, 0.15) is 0 Å². The summed E-state index contributed by atoms with van der Waals surface area (Å²) in [6, 6.07) is 15.3. The molecule has 0 saturated carbocycles. The Balaban J connectivity index is 1.59. The first-order valence-corrected chi connectivity index (χ1v) is 9.03. The molecule has 2 heterocycles. The lowest BCUT2D eigenvalue weighted by Gasteiger charge is -2.52. The number of nitrogens with zero attached hydrogens (tertiary/aromatic N) is 1. The van der Waals surface area contributed by atoms with Crippen molar-refractivity contribution in [3.8, 4) is 5.75 Å². The summed E-state index contributed by atoms with van der Waals surface area (Å²) in [5, 5.41) is 11.4. The van der Waals surface area contributed by atoms with E-state index in [0.717, 1.165) is 6.54 Å². The molecule has 2 bridgehead atoms. The van der Waals surface area contributed by atoms with Crippen molar-refractivity contribution in [1.82, 2.24) is 4.90 Å². The molecule has 0 radical (unpaired) electrons. The number of ether oxygens (including phenoxy) is 2. The van der Waals surface area contributed by atoms with Crippen molar-refractivity contribution in [1.29, 1.82) is 0 Å². The maximum Gasteiger partial charge on any atom is 0.165 e. The number of hydrogen-bond donors (Lipinski definition) is 1. The largest absolute Gasteiger partial charge is 0.494 e. The summed E-state index contributed by atoms with van der Waals surface area (Å²) in [7, 11) is 1.44. The van der Waals surface area contributed by atoms with Crippen molar-refractivity contribution in [3.05, 3.63) is 65.5 Å². The van der Waals surface area contributed by atoms with Gasteiger partial charge in [-0.15, -0.1) is 0 Å². The Hall–Kier alpha value is -1.95. The lowest BCUT2D eigenvalue weighted by molar-refractivity contribution is -0.149. The number of morpholine rings is 1. The summed E-state index contributed by atoms with van der Waals surface area (Å²) < 4.78 is 24.6. The zero-order valence-electron chi connectivity index (χ0n) is 14.9. The Labute approximate surface area is 153 Å². The zero-order valence-corrected chi connectivity index (χ0v) is 14.9. The van der Waals surface area contributed by atoms with Crippen LogP contribution in [0, 0.1) is 5.82 Å². The van der Waals surface area contributed by atoms with Crippen molar-refractivity contribution in [3.63, 3.8) is 0 Å². The van der Waals surface area contributed by atoms with E-state index in [4.69, 9.17) is 9.47 Å². The van der Waals surface area contributed by atoms with Crippen LogP contribution in [0.25, 0.3) is 0 Å². The monoisotopic (exact) mass is 357 g/mol. The number of piperidine rings is 1. The summed E-state index contributed by atoms with van der Waals surface area (Å²) in [5.74, 6) is -0.242. The maximum absolute atomic E-state index is 13.8. The molecule has 0 aliphatic carbocycles. The van der Waals surface area contributed by atoms with Gasteiger partial charge in [-0.05, 0) is 36.1 Å². The molecule has 2 atom stereocenters. The Morgan fingerprint density at radius 3 is 2.50 bits per heavy atom. The number of hydrogen-bond acceptors (Lipinski definition) is 4. The van der Waals surface area contributed by atoms with Crippen LogP contribution in [0.4, 0.5) is 4.39 Å². The minimum atomic E-state index is -0.993. The van der Waals surface area contributed by atoms with E-state index in [1.54, 1.807) is 12.1 Å². The van der Waals surface area contributed by atoms with Crippen LogP contribution in [0.2, 0.25) is 0 Å². The average molecular weight is 357 g/mol. The molecular weight excluding hydrogens is 333 g/mol. The first kappa shape index (κ1) is 17.5. The van der Waals surface area contributed by atoms with Gasteiger partial charge in [-0.25, -0.2) is 4.39 Å². The third-order valence-electron chi connectivity index (χ3n) is 5.60. The number of benzene rings is 2. The summed E-state index contributed by atoms with van der Waals surface area (Å²) in [6.07, 6.45) is 1.12. The van der Waals surface area contributed by atoms with E-state index in [9.17, 15) is 9.50 Å². The van der Waals surface area contributed by atoms with Crippen LogP contribution >= 0.6 is 0 Å². The molecule has 2 aromatic carbocycles. The van der Waals surface area contributed by atoms with Gasteiger partial charge in [-0.1, -0.05) is 36.4 Å².